The van der Waals surface area contributed by atoms with Crippen molar-refractivity contribution in [3.63, 3.8) is 0 Å². The monoisotopic (exact) mass is 423 g/mol. The Morgan fingerprint density at radius 3 is 2.68 bits per heavy atom. The second kappa shape index (κ2) is 9.07. The first kappa shape index (κ1) is 20.7. The lowest BCUT2D eigenvalue weighted by Gasteiger charge is -2.31. The predicted octanol–water partition coefficient (Wildman–Crippen LogP) is 3.50. The number of carbonyl (C=O) groups excluding carboxylic acids is 2. The molecule has 4 rings (SSSR count). The Bertz CT molecular complexity index is 1030. The zero-order chi connectivity index (χ0) is 21.8. The number of aryl methyl sites for hydroxylation is 2. The van der Waals surface area contributed by atoms with Crippen molar-refractivity contribution in [3.05, 3.63) is 71.0 Å². The number of likely N-dealkylation sites (tertiary alicyclic amines) is 1. The first-order chi connectivity index (χ1) is 15.0. The number of amides is 2. The van der Waals surface area contributed by atoms with Gasteiger partial charge in [-0.25, -0.2) is 0 Å². The molecule has 1 aliphatic heterocycles. The fourth-order valence-corrected chi connectivity index (χ4v) is 3.64. The second-order valence-electron chi connectivity index (χ2n) is 7.64. The number of piperidine rings is 1. The third-order valence-electron chi connectivity index (χ3n) is 5.51. The Morgan fingerprint density at radius 2 is 2.00 bits per heavy atom. The van der Waals surface area contributed by atoms with Crippen molar-refractivity contribution >= 4 is 11.8 Å². The van der Waals surface area contributed by atoms with E-state index in [9.17, 15) is 9.59 Å². The van der Waals surface area contributed by atoms with Gasteiger partial charge < -0.3 is 23.9 Å². The van der Waals surface area contributed by atoms with Gasteiger partial charge in [0.1, 0.15) is 18.1 Å². The number of nitrogens with zero attached hydrogens (tertiary/aromatic N) is 2. The van der Waals surface area contributed by atoms with Crippen molar-refractivity contribution in [2.24, 2.45) is 0 Å². The van der Waals surface area contributed by atoms with Crippen LogP contribution < -0.4 is 10.1 Å². The molecule has 8 heteroatoms. The molecule has 1 fully saturated rings. The normalized spacial score (nSPS) is 14.5. The highest BCUT2D eigenvalue weighted by molar-refractivity contribution is 5.95. The van der Waals surface area contributed by atoms with Crippen LogP contribution in [-0.2, 0) is 6.61 Å². The third kappa shape index (κ3) is 4.79. The first-order valence-electron chi connectivity index (χ1n) is 10.3. The van der Waals surface area contributed by atoms with E-state index in [4.69, 9.17) is 13.7 Å². The highest BCUT2D eigenvalue weighted by Gasteiger charge is 2.26. The van der Waals surface area contributed by atoms with Gasteiger partial charge in [0.05, 0.1) is 17.5 Å². The van der Waals surface area contributed by atoms with Crippen LogP contribution in [0, 0.1) is 13.8 Å². The first-order valence-corrected chi connectivity index (χ1v) is 10.3. The van der Waals surface area contributed by atoms with Gasteiger partial charge in [-0.3, -0.25) is 9.59 Å². The Labute approximate surface area is 180 Å². The van der Waals surface area contributed by atoms with E-state index in [0.717, 1.165) is 17.0 Å². The van der Waals surface area contributed by atoms with Crippen LogP contribution in [0.15, 0.2) is 51.6 Å². The van der Waals surface area contributed by atoms with E-state index in [-0.39, 0.29) is 17.9 Å². The number of ether oxygens (including phenoxy) is 1. The van der Waals surface area contributed by atoms with Gasteiger partial charge in [-0.1, -0.05) is 11.2 Å². The summed E-state index contributed by atoms with van der Waals surface area (Å²) in [4.78, 5) is 26.8. The van der Waals surface area contributed by atoms with E-state index < -0.39 is 0 Å². The maximum absolute atomic E-state index is 12.7. The molecule has 1 N–H and O–H groups in total. The van der Waals surface area contributed by atoms with Gasteiger partial charge in [0, 0.05) is 24.7 Å². The van der Waals surface area contributed by atoms with Crippen LogP contribution in [0.3, 0.4) is 0 Å². The second-order valence-corrected chi connectivity index (χ2v) is 7.64. The molecule has 3 aromatic rings. The molecule has 0 saturated carbocycles. The summed E-state index contributed by atoms with van der Waals surface area (Å²) >= 11 is 0. The van der Waals surface area contributed by atoms with Crippen LogP contribution in [-0.4, -0.2) is 41.0 Å². The standard InChI is InChI=1S/C23H25N3O5/c1-15-20(16(2)31-25-15)14-30-19-6-3-5-17(13-19)22(27)24-18-8-10-26(11-9-18)23(28)21-7-4-12-29-21/h3-7,12-13,18H,8-11,14H2,1-2H3,(H,24,27). The molecule has 8 nitrogen and oxygen atoms in total. The van der Waals surface area contributed by atoms with Gasteiger partial charge in [-0.05, 0) is 57.0 Å². The zero-order valence-corrected chi connectivity index (χ0v) is 17.6. The molecule has 1 saturated heterocycles. The molecule has 2 aromatic heterocycles. The summed E-state index contributed by atoms with van der Waals surface area (Å²) in [5.74, 6) is 1.40. The van der Waals surface area contributed by atoms with Crippen molar-refractivity contribution < 1.29 is 23.3 Å². The number of rotatable bonds is 6. The number of carbonyl (C=O) groups is 2. The van der Waals surface area contributed by atoms with Crippen molar-refractivity contribution in [3.8, 4) is 5.75 Å². The van der Waals surface area contributed by atoms with E-state index in [2.05, 4.69) is 10.5 Å². The molecule has 1 aliphatic rings. The average Bonchev–Trinajstić information content (AvgIpc) is 3.43. The minimum atomic E-state index is -0.154. The van der Waals surface area contributed by atoms with Crippen LogP contribution in [0.5, 0.6) is 5.75 Å². The van der Waals surface area contributed by atoms with E-state index in [1.807, 2.05) is 19.9 Å². The Kier molecular flexibility index (Phi) is 6.06. The lowest BCUT2D eigenvalue weighted by Crippen LogP contribution is -2.46. The lowest BCUT2D eigenvalue weighted by molar-refractivity contribution is 0.0667. The summed E-state index contributed by atoms with van der Waals surface area (Å²) in [6, 6.07) is 10.5. The summed E-state index contributed by atoms with van der Waals surface area (Å²) in [6.07, 6.45) is 2.88. The maximum atomic E-state index is 12.7. The van der Waals surface area contributed by atoms with Crippen LogP contribution in [0.4, 0.5) is 0 Å². The van der Waals surface area contributed by atoms with Crippen molar-refractivity contribution in [1.29, 1.82) is 0 Å². The third-order valence-corrected chi connectivity index (χ3v) is 5.51. The molecule has 0 spiro atoms. The zero-order valence-electron chi connectivity index (χ0n) is 17.6. The van der Waals surface area contributed by atoms with E-state index >= 15 is 0 Å². The summed E-state index contributed by atoms with van der Waals surface area (Å²) < 4.78 is 16.2. The Balaban J connectivity index is 1.30. The molecule has 0 atom stereocenters. The minimum Gasteiger partial charge on any atom is -0.489 e. The van der Waals surface area contributed by atoms with Crippen molar-refractivity contribution in [1.82, 2.24) is 15.4 Å². The number of aromatic nitrogens is 1. The lowest BCUT2D eigenvalue weighted by atomic mass is 10.0. The molecule has 0 radical (unpaired) electrons. The molecule has 3 heterocycles. The topological polar surface area (TPSA) is 97.8 Å². The predicted molar refractivity (Wildman–Crippen MR) is 112 cm³/mol. The fraction of sp³-hybridized carbons (Fsp3) is 0.348. The summed E-state index contributed by atoms with van der Waals surface area (Å²) in [5, 5.41) is 6.98. The Hall–Kier alpha value is -3.55. The van der Waals surface area contributed by atoms with Crippen LogP contribution >= 0.6 is 0 Å². The number of nitrogens with one attached hydrogen (secondary N) is 1. The molecule has 0 aliphatic carbocycles. The van der Waals surface area contributed by atoms with E-state index in [1.54, 1.807) is 35.2 Å². The van der Waals surface area contributed by atoms with Crippen LogP contribution in [0.2, 0.25) is 0 Å². The molecule has 1 aromatic carbocycles. The fourth-order valence-electron chi connectivity index (χ4n) is 3.64. The number of furan rings is 1. The highest BCUT2D eigenvalue weighted by atomic mass is 16.5. The quantitative estimate of drug-likeness (QED) is 0.652. The van der Waals surface area contributed by atoms with E-state index in [0.29, 0.717) is 49.6 Å². The van der Waals surface area contributed by atoms with Gasteiger partial charge in [-0.2, -0.15) is 0 Å². The van der Waals surface area contributed by atoms with Gasteiger partial charge in [-0.15, -0.1) is 0 Å². The highest BCUT2D eigenvalue weighted by Crippen LogP contribution is 2.19. The molecule has 0 unspecified atom stereocenters. The number of hydrogen-bond donors (Lipinski definition) is 1. The summed E-state index contributed by atoms with van der Waals surface area (Å²) in [6.45, 7) is 5.19. The van der Waals surface area contributed by atoms with Crippen molar-refractivity contribution in [2.75, 3.05) is 13.1 Å². The molecule has 2 amide bonds. The summed E-state index contributed by atoms with van der Waals surface area (Å²) in [5.41, 5.74) is 2.24. The largest absolute Gasteiger partial charge is 0.489 e. The van der Waals surface area contributed by atoms with Gasteiger partial charge in [0.25, 0.3) is 11.8 Å². The number of benzene rings is 1. The van der Waals surface area contributed by atoms with E-state index in [1.165, 1.54) is 6.26 Å². The Morgan fingerprint density at radius 1 is 1.19 bits per heavy atom. The molecular formula is C23H25N3O5. The average molecular weight is 423 g/mol. The SMILES string of the molecule is Cc1noc(C)c1COc1cccc(C(=O)NC2CCN(C(=O)c3ccco3)CC2)c1. The molecule has 0 bridgehead atoms. The van der Waals surface area contributed by atoms with Gasteiger partial charge in [0.15, 0.2) is 5.76 Å². The van der Waals surface area contributed by atoms with Crippen LogP contribution in [0.25, 0.3) is 0 Å². The molecule has 31 heavy (non-hydrogen) atoms. The maximum Gasteiger partial charge on any atom is 0.289 e. The minimum absolute atomic E-state index is 0.0139. The smallest absolute Gasteiger partial charge is 0.289 e. The summed E-state index contributed by atoms with van der Waals surface area (Å²) in [7, 11) is 0. The number of hydrogen-bond acceptors (Lipinski definition) is 6. The van der Waals surface area contributed by atoms with Gasteiger partial charge in [0.2, 0.25) is 0 Å². The molecular weight excluding hydrogens is 398 g/mol. The van der Waals surface area contributed by atoms with Crippen LogP contribution in [0.1, 0.15) is 50.8 Å². The molecule has 162 valence electrons. The van der Waals surface area contributed by atoms with Gasteiger partial charge >= 0.3 is 0 Å². The van der Waals surface area contributed by atoms with Crippen molar-refractivity contribution in [2.45, 2.75) is 39.3 Å².